The molecule has 0 saturated heterocycles. The van der Waals surface area contributed by atoms with Gasteiger partial charge in [-0.15, -0.1) is 12.4 Å². The predicted octanol–water partition coefficient (Wildman–Crippen LogP) is 3.22. The van der Waals surface area contributed by atoms with Gasteiger partial charge in [0.1, 0.15) is 0 Å². The van der Waals surface area contributed by atoms with E-state index >= 15 is 0 Å². The minimum Gasteiger partial charge on any atom is -0.469 e. The van der Waals surface area contributed by atoms with Crippen LogP contribution in [0.1, 0.15) is 31.2 Å². The number of halogens is 1. The van der Waals surface area contributed by atoms with Gasteiger partial charge >= 0.3 is 5.97 Å². The molecule has 0 aromatic heterocycles. The van der Waals surface area contributed by atoms with E-state index in [1.54, 1.807) is 11.8 Å². The van der Waals surface area contributed by atoms with Crippen molar-refractivity contribution < 1.29 is 14.3 Å². The fourth-order valence-electron chi connectivity index (χ4n) is 3.09. The van der Waals surface area contributed by atoms with E-state index in [0.717, 1.165) is 42.0 Å². The first kappa shape index (κ1) is 21.8. The van der Waals surface area contributed by atoms with Gasteiger partial charge in [-0.05, 0) is 43.0 Å². The maximum atomic E-state index is 12.4. The van der Waals surface area contributed by atoms with E-state index in [-0.39, 0.29) is 30.2 Å². The first-order chi connectivity index (χ1) is 11.6. The molecular weight excluding hydrogens is 360 g/mol. The second-order valence-corrected chi connectivity index (χ2v) is 7.21. The van der Waals surface area contributed by atoms with Crippen LogP contribution in [0.4, 0.5) is 5.69 Å². The molecule has 2 atom stereocenters. The number of nitrogens with two attached hydrogens (primary N) is 1. The molecule has 1 aliphatic carbocycles. The Morgan fingerprint density at radius 1 is 1.36 bits per heavy atom. The summed E-state index contributed by atoms with van der Waals surface area (Å²) in [6.07, 6.45) is 3.47. The van der Waals surface area contributed by atoms with Crippen molar-refractivity contribution in [1.29, 1.82) is 0 Å². The van der Waals surface area contributed by atoms with Gasteiger partial charge in [-0.1, -0.05) is 18.6 Å². The van der Waals surface area contributed by atoms with E-state index in [0.29, 0.717) is 18.9 Å². The zero-order valence-electron chi connectivity index (χ0n) is 14.5. The number of hydrogen-bond donors (Lipinski definition) is 2. The number of benzene rings is 1. The Hall–Kier alpha value is -1.24. The van der Waals surface area contributed by atoms with Crippen LogP contribution in [0, 0.1) is 11.8 Å². The molecule has 0 radical (unpaired) electrons. The van der Waals surface area contributed by atoms with Gasteiger partial charge in [-0.25, -0.2) is 0 Å². The minimum absolute atomic E-state index is 0. The number of esters is 1. The van der Waals surface area contributed by atoms with Gasteiger partial charge in [0.15, 0.2) is 0 Å². The third kappa shape index (κ3) is 6.88. The van der Waals surface area contributed by atoms with Crippen molar-refractivity contribution in [1.82, 2.24) is 0 Å². The molecule has 0 aliphatic heterocycles. The van der Waals surface area contributed by atoms with Crippen molar-refractivity contribution in [2.24, 2.45) is 17.6 Å². The average Bonchev–Trinajstić information content (AvgIpc) is 3.07. The lowest BCUT2D eigenvalue weighted by Gasteiger charge is -2.17. The third-order valence-electron chi connectivity index (χ3n) is 4.44. The number of methoxy groups -OCH3 is 1. The van der Waals surface area contributed by atoms with Crippen molar-refractivity contribution in [3.8, 4) is 0 Å². The first-order valence-electron chi connectivity index (χ1n) is 8.38. The molecule has 0 heterocycles. The predicted molar refractivity (Wildman–Crippen MR) is 105 cm³/mol. The molecule has 1 fully saturated rings. The second kappa shape index (κ2) is 11.4. The highest BCUT2D eigenvalue weighted by Gasteiger charge is 2.31. The molecule has 1 amide bonds. The minimum atomic E-state index is -0.186. The summed E-state index contributed by atoms with van der Waals surface area (Å²) in [5.74, 6) is 1.77. The lowest BCUT2D eigenvalue weighted by molar-refractivity contribution is -0.140. The van der Waals surface area contributed by atoms with Crippen LogP contribution in [-0.4, -0.2) is 31.3 Å². The highest BCUT2D eigenvalue weighted by Crippen LogP contribution is 2.32. The summed E-state index contributed by atoms with van der Waals surface area (Å²) in [6, 6.07) is 7.88. The van der Waals surface area contributed by atoms with Crippen molar-refractivity contribution in [3.05, 3.63) is 29.8 Å². The van der Waals surface area contributed by atoms with Crippen LogP contribution in [0.5, 0.6) is 0 Å². The van der Waals surface area contributed by atoms with Crippen molar-refractivity contribution in [2.45, 2.75) is 31.4 Å². The highest BCUT2D eigenvalue weighted by molar-refractivity contribution is 7.98. The van der Waals surface area contributed by atoms with Gasteiger partial charge < -0.3 is 15.8 Å². The summed E-state index contributed by atoms with van der Waals surface area (Å²) < 4.78 is 4.62. The molecule has 1 aromatic carbocycles. The molecule has 7 heteroatoms. The number of nitrogens with one attached hydrogen (secondary N) is 1. The Labute approximate surface area is 159 Å². The molecule has 0 bridgehead atoms. The fraction of sp³-hybridized carbons (Fsp3) is 0.556. The SMILES string of the molecule is COC(=O)CCSCc1cccc(NC(=O)[C@@H]2CCC[C@@H]2CN)c1.Cl. The average molecular weight is 387 g/mol. The van der Waals surface area contributed by atoms with Gasteiger partial charge in [0.25, 0.3) is 0 Å². The summed E-state index contributed by atoms with van der Waals surface area (Å²) in [5, 5.41) is 3.03. The molecule has 0 unspecified atom stereocenters. The van der Waals surface area contributed by atoms with Gasteiger partial charge in [0.2, 0.25) is 5.91 Å². The smallest absolute Gasteiger partial charge is 0.306 e. The lowest BCUT2D eigenvalue weighted by Crippen LogP contribution is -2.29. The quantitative estimate of drug-likeness (QED) is 0.529. The Morgan fingerprint density at radius 3 is 2.88 bits per heavy atom. The van der Waals surface area contributed by atoms with Crippen molar-refractivity contribution in [3.63, 3.8) is 0 Å². The molecule has 3 N–H and O–H groups in total. The summed E-state index contributed by atoms with van der Waals surface area (Å²) >= 11 is 1.68. The van der Waals surface area contributed by atoms with E-state index in [1.165, 1.54) is 7.11 Å². The molecule has 5 nitrogen and oxygen atoms in total. The van der Waals surface area contributed by atoms with Crippen LogP contribution in [-0.2, 0) is 20.1 Å². The van der Waals surface area contributed by atoms with Gasteiger partial charge in [-0.2, -0.15) is 11.8 Å². The summed E-state index contributed by atoms with van der Waals surface area (Å²) in [7, 11) is 1.40. The van der Waals surface area contributed by atoms with Gasteiger partial charge in [-0.3, -0.25) is 9.59 Å². The molecular formula is C18H27ClN2O3S. The van der Waals surface area contributed by atoms with Gasteiger partial charge in [0.05, 0.1) is 13.5 Å². The van der Waals surface area contributed by atoms with Crippen molar-refractivity contribution >= 4 is 41.7 Å². The monoisotopic (exact) mass is 386 g/mol. The summed E-state index contributed by atoms with van der Waals surface area (Å²) in [6.45, 7) is 0.578. The number of ether oxygens (including phenoxy) is 1. The number of hydrogen-bond acceptors (Lipinski definition) is 5. The second-order valence-electron chi connectivity index (χ2n) is 6.10. The Kier molecular flexibility index (Phi) is 9.93. The standard InChI is InChI=1S/C18H26N2O3S.ClH/c1-23-17(21)8-9-24-12-13-4-2-6-15(10-13)20-18(22)16-7-3-5-14(16)11-19;/h2,4,6,10,14,16H,3,5,7-9,11-12,19H2,1H3,(H,20,22);1H/t14-,16-;/m1./s1. The van der Waals surface area contributed by atoms with Crippen LogP contribution in [0.2, 0.25) is 0 Å². The van der Waals surface area contributed by atoms with Crippen LogP contribution in [0.25, 0.3) is 0 Å². The Morgan fingerprint density at radius 2 is 2.16 bits per heavy atom. The fourth-order valence-corrected chi connectivity index (χ4v) is 3.96. The largest absolute Gasteiger partial charge is 0.469 e. The van der Waals surface area contributed by atoms with Crippen LogP contribution >= 0.6 is 24.2 Å². The highest BCUT2D eigenvalue weighted by atomic mass is 35.5. The van der Waals surface area contributed by atoms with Crippen LogP contribution in [0.15, 0.2) is 24.3 Å². The number of carbonyl (C=O) groups excluding carboxylic acids is 2. The number of thioether (sulfide) groups is 1. The maximum absolute atomic E-state index is 12.4. The summed E-state index contributed by atoms with van der Waals surface area (Å²) in [4.78, 5) is 23.5. The zero-order valence-corrected chi connectivity index (χ0v) is 16.2. The lowest BCUT2D eigenvalue weighted by atomic mass is 9.95. The Bertz CT molecular complexity index is 571. The summed E-state index contributed by atoms with van der Waals surface area (Å²) in [5.41, 5.74) is 7.72. The van der Waals surface area contributed by atoms with Crippen molar-refractivity contribution in [2.75, 3.05) is 24.7 Å². The molecule has 0 spiro atoms. The Balaban J connectivity index is 0.00000312. The zero-order chi connectivity index (χ0) is 17.4. The molecule has 2 rings (SSSR count). The topological polar surface area (TPSA) is 81.4 Å². The third-order valence-corrected chi connectivity index (χ3v) is 5.47. The van der Waals surface area contributed by atoms with Gasteiger partial charge in [0, 0.05) is 23.1 Å². The number of carbonyl (C=O) groups is 2. The molecule has 1 aromatic rings. The van der Waals surface area contributed by atoms with Crippen LogP contribution in [0.3, 0.4) is 0 Å². The molecule has 1 saturated carbocycles. The van der Waals surface area contributed by atoms with E-state index in [1.807, 2.05) is 24.3 Å². The van der Waals surface area contributed by atoms with E-state index < -0.39 is 0 Å². The molecule has 25 heavy (non-hydrogen) atoms. The van der Waals surface area contributed by atoms with Crippen LogP contribution < -0.4 is 11.1 Å². The maximum Gasteiger partial charge on any atom is 0.306 e. The first-order valence-corrected chi connectivity index (χ1v) is 9.54. The molecule has 1 aliphatic rings. The number of anilines is 1. The van der Waals surface area contributed by atoms with E-state index in [2.05, 4.69) is 10.1 Å². The normalized spacial score (nSPS) is 19.1. The number of rotatable bonds is 8. The van der Waals surface area contributed by atoms with E-state index in [9.17, 15) is 9.59 Å². The number of amides is 1. The van der Waals surface area contributed by atoms with E-state index in [4.69, 9.17) is 5.73 Å². The molecule has 140 valence electrons.